The first-order valence-electron chi connectivity index (χ1n) is 0. The molecule has 7 heteroatoms. The van der Waals surface area contributed by atoms with Crippen LogP contribution in [0, 0.1) is 0 Å². The number of hydrogen-bond acceptors (Lipinski definition) is 0. The number of halogens is 5. The Hall–Kier alpha value is 2.23. The summed E-state index contributed by atoms with van der Waals surface area (Å²) in [4.78, 5) is 0. The largest absolute Gasteiger partial charge is 0.197 e. The smallest absolute Gasteiger partial charge is 0.147 e. The molecule has 0 fully saturated rings. The highest BCUT2D eigenvalue weighted by Crippen LogP contribution is 0.861. The van der Waals surface area contributed by atoms with Crippen LogP contribution in [-0.4, -0.2) is 0 Å². The van der Waals surface area contributed by atoms with Crippen molar-refractivity contribution in [2.24, 2.45) is 0 Å². The molecule has 0 spiro atoms. The Kier molecular flexibility index (Phi) is 1550. The van der Waals surface area contributed by atoms with Gasteiger partial charge in [0.1, 0.15) is 0 Å². The first-order chi connectivity index (χ1) is 0. The Labute approximate surface area is 85.1 Å². The molecule has 0 rings (SSSR count). The standard InChI is InChI=1S/5ClH.H3P.H2S/h5*1H;1H3;1H2. The van der Waals surface area contributed by atoms with Crippen LogP contribution in [-0.2, 0) is 0 Å². The molecule has 56 valence electrons. The highest BCUT2D eigenvalue weighted by atomic mass is 35.5. The van der Waals surface area contributed by atoms with E-state index in [0.29, 0.717) is 0 Å². The molecule has 0 bridgehead atoms. The first-order valence-corrected chi connectivity index (χ1v) is 0. The van der Waals surface area contributed by atoms with Crippen molar-refractivity contribution in [3.05, 3.63) is 0 Å². The van der Waals surface area contributed by atoms with Crippen LogP contribution in [0.4, 0.5) is 0 Å². The number of rotatable bonds is 0. The van der Waals surface area contributed by atoms with Gasteiger partial charge in [0.15, 0.2) is 0 Å². The second kappa shape index (κ2) is 86.5. The Bertz CT molecular complexity index is 8.04. The van der Waals surface area contributed by atoms with Gasteiger partial charge in [-0.1, -0.05) is 0 Å². The minimum Gasteiger partial charge on any atom is -0.197 e. The molecule has 0 aromatic heterocycles. The van der Waals surface area contributed by atoms with Crippen molar-refractivity contribution in [3.63, 3.8) is 0 Å². The maximum atomic E-state index is 0. The van der Waals surface area contributed by atoms with Crippen LogP contribution in [0.25, 0.3) is 0 Å². The summed E-state index contributed by atoms with van der Waals surface area (Å²) >= 11 is 0. The molecule has 0 aliphatic rings. The summed E-state index contributed by atoms with van der Waals surface area (Å²) in [6.45, 7) is 0. The molecule has 0 aromatic rings. The molecule has 0 amide bonds. The third-order valence-electron chi connectivity index (χ3n) is 0. The molecule has 1 unspecified atom stereocenters. The minimum atomic E-state index is 0. The zero-order chi connectivity index (χ0) is 0. The van der Waals surface area contributed by atoms with Crippen LogP contribution < -0.4 is 0 Å². The highest BCUT2D eigenvalue weighted by Gasteiger charge is -0.142. The van der Waals surface area contributed by atoms with E-state index >= 15 is 0 Å². The van der Waals surface area contributed by atoms with Gasteiger partial charge in [0.25, 0.3) is 0 Å². The molecule has 0 aliphatic carbocycles. The van der Waals surface area contributed by atoms with E-state index in [1.54, 1.807) is 0 Å². The molecule has 0 aliphatic heterocycles. The molecule has 0 saturated heterocycles. The van der Waals surface area contributed by atoms with E-state index in [1.165, 1.54) is 0 Å². The van der Waals surface area contributed by atoms with Crippen molar-refractivity contribution in [3.8, 4) is 0 Å². The maximum Gasteiger partial charge on any atom is -0.147 e. The van der Waals surface area contributed by atoms with E-state index in [9.17, 15) is 0 Å². The van der Waals surface area contributed by atoms with Crippen molar-refractivity contribution < 1.29 is 0 Å². The fraction of sp³-hybridized carbons (Fsp3) is 0. The lowest BCUT2D eigenvalue weighted by Gasteiger charge is -0.197. The third-order valence-corrected chi connectivity index (χ3v) is 0. The Balaban J connectivity index is 0. The molecule has 0 nitrogen and oxygen atoms in total. The molecule has 0 heterocycles. The Morgan fingerprint density at radius 1 is 0.429 bits per heavy atom. The van der Waals surface area contributed by atoms with Gasteiger partial charge in [-0.15, -0.1) is 62.0 Å². The lowest BCUT2D eigenvalue weighted by atomic mass is 31.0. The Morgan fingerprint density at radius 3 is 0.429 bits per heavy atom. The topological polar surface area (TPSA) is 0 Å². The zero-order valence-corrected chi connectivity index (χ0v) is 9.75. The van der Waals surface area contributed by atoms with Crippen LogP contribution in [0.2, 0.25) is 0 Å². The van der Waals surface area contributed by atoms with E-state index < -0.39 is 0 Å². The van der Waals surface area contributed by atoms with E-state index in [0.717, 1.165) is 0 Å². The van der Waals surface area contributed by atoms with Gasteiger partial charge in [0, 0.05) is 0 Å². The van der Waals surface area contributed by atoms with Gasteiger partial charge < -0.3 is 0 Å². The van der Waals surface area contributed by atoms with Gasteiger partial charge in [0.2, 0.25) is 0 Å². The Morgan fingerprint density at radius 2 is 0.429 bits per heavy atom. The number of hydrogen-bond donors (Lipinski definition) is 0. The molecule has 0 N–H and O–H groups in total. The van der Waals surface area contributed by atoms with E-state index in [-0.39, 0.29) is 85.4 Å². The minimum absolute atomic E-state index is 0. The molecule has 7 heavy (non-hydrogen) atoms. The quantitative estimate of drug-likeness (QED) is 0.579. The summed E-state index contributed by atoms with van der Waals surface area (Å²) in [5, 5.41) is 0. The lowest BCUT2D eigenvalue weighted by Crippen LogP contribution is 0.648. The third kappa shape index (κ3) is 64.2. The molecule has 0 radical (unpaired) electrons. The zero-order valence-electron chi connectivity index (χ0n) is 3.25. The monoisotopic (exact) mass is 248 g/mol. The maximum absolute atomic E-state index is 0. The van der Waals surface area contributed by atoms with Crippen molar-refractivity contribution in [2.45, 2.75) is 0 Å². The molecular formula is H10Cl5PS. The van der Waals surface area contributed by atoms with Crippen LogP contribution >= 0.6 is 85.4 Å². The van der Waals surface area contributed by atoms with Gasteiger partial charge in [-0.25, -0.2) is 0 Å². The summed E-state index contributed by atoms with van der Waals surface area (Å²) in [5.74, 6) is 0. The fourth-order valence-corrected chi connectivity index (χ4v) is 0. The molecule has 1 atom stereocenters. The van der Waals surface area contributed by atoms with Gasteiger partial charge >= 0.3 is 0 Å². The normalized spacial score (nSPS) is 0. The van der Waals surface area contributed by atoms with Crippen molar-refractivity contribution in [1.82, 2.24) is 0 Å². The van der Waals surface area contributed by atoms with Crippen LogP contribution in [0.5, 0.6) is 0 Å². The second-order valence-corrected chi connectivity index (χ2v) is 0. The van der Waals surface area contributed by atoms with Gasteiger partial charge in [-0.05, 0) is 0 Å². The average molecular weight is 250 g/mol. The lowest BCUT2D eigenvalue weighted by molar-refractivity contribution is 5.85. The fourth-order valence-electron chi connectivity index (χ4n) is 0. The SMILES string of the molecule is Cl.Cl.Cl.Cl.Cl.P.S. The molecule has 0 saturated carbocycles. The van der Waals surface area contributed by atoms with Gasteiger partial charge in [0.05, 0.1) is 0 Å². The van der Waals surface area contributed by atoms with Crippen LogP contribution in [0.3, 0.4) is 0 Å². The van der Waals surface area contributed by atoms with E-state index in [1.807, 2.05) is 0 Å². The second-order valence-electron chi connectivity index (χ2n) is 0. The summed E-state index contributed by atoms with van der Waals surface area (Å²) < 4.78 is 0. The summed E-state index contributed by atoms with van der Waals surface area (Å²) in [7, 11) is 0. The van der Waals surface area contributed by atoms with E-state index in [4.69, 9.17) is 0 Å². The van der Waals surface area contributed by atoms with Crippen molar-refractivity contribution in [1.29, 1.82) is 0 Å². The predicted octanol–water partition coefficient (Wildman–Crippen LogP) is 2.28. The predicted molar refractivity (Wildman–Crippen MR) is 57.7 cm³/mol. The van der Waals surface area contributed by atoms with Crippen LogP contribution in [0.1, 0.15) is 0 Å². The summed E-state index contributed by atoms with van der Waals surface area (Å²) in [5.41, 5.74) is 0. The van der Waals surface area contributed by atoms with Gasteiger partial charge in [-0.3, -0.25) is 0 Å². The molecular weight excluding hydrogens is 240 g/mol. The van der Waals surface area contributed by atoms with Crippen LogP contribution in [0.15, 0.2) is 0 Å². The van der Waals surface area contributed by atoms with Crippen molar-refractivity contribution >= 4 is 85.4 Å². The summed E-state index contributed by atoms with van der Waals surface area (Å²) in [6.07, 6.45) is 0. The van der Waals surface area contributed by atoms with Gasteiger partial charge in [-0.2, -0.15) is 23.4 Å². The first kappa shape index (κ1) is 126. The van der Waals surface area contributed by atoms with Crippen molar-refractivity contribution in [2.75, 3.05) is 0 Å². The molecule has 0 aromatic carbocycles. The summed E-state index contributed by atoms with van der Waals surface area (Å²) in [6, 6.07) is 0. The van der Waals surface area contributed by atoms with E-state index in [2.05, 4.69) is 0 Å². The average Bonchev–Trinajstić information content (AvgIpc) is 0. The highest BCUT2D eigenvalue weighted by molar-refractivity contribution is 7.59.